The Kier molecular flexibility index (Phi) is 4.23. The zero-order chi connectivity index (χ0) is 13.3. The molecule has 3 nitrogen and oxygen atoms in total. The third kappa shape index (κ3) is 4.30. The van der Waals surface area contributed by atoms with E-state index >= 15 is 0 Å². The molecule has 1 unspecified atom stereocenters. The Bertz CT molecular complexity index is 278. The van der Waals surface area contributed by atoms with Crippen LogP contribution in [0.2, 0.25) is 0 Å². The number of amides is 1. The maximum Gasteiger partial charge on any atom is 0.223 e. The Balaban J connectivity index is 2.60. The van der Waals surface area contributed by atoms with Gasteiger partial charge < -0.3 is 10.0 Å². The second-order valence-electron chi connectivity index (χ2n) is 7.07. The van der Waals surface area contributed by atoms with Crippen LogP contribution in [0.4, 0.5) is 0 Å². The fraction of sp³-hybridized carbons (Fsp3) is 0.929. The van der Waals surface area contributed by atoms with Crippen molar-refractivity contribution in [3.8, 4) is 0 Å². The topological polar surface area (TPSA) is 40.5 Å². The number of carbonyl (C=O) groups excluding carboxylic acids is 1. The van der Waals surface area contributed by atoms with Crippen molar-refractivity contribution in [2.24, 2.45) is 5.41 Å². The van der Waals surface area contributed by atoms with Gasteiger partial charge in [0.15, 0.2) is 0 Å². The highest BCUT2D eigenvalue weighted by Gasteiger charge is 2.36. The second kappa shape index (κ2) is 4.97. The molecule has 1 N–H and O–H groups in total. The van der Waals surface area contributed by atoms with Crippen molar-refractivity contribution in [1.82, 2.24) is 4.90 Å². The van der Waals surface area contributed by atoms with E-state index in [4.69, 9.17) is 0 Å². The molecule has 1 rings (SSSR count). The normalized spacial score (nSPS) is 24.8. The van der Waals surface area contributed by atoms with Gasteiger partial charge in [0, 0.05) is 18.5 Å². The van der Waals surface area contributed by atoms with Crippen molar-refractivity contribution in [1.29, 1.82) is 0 Å². The van der Waals surface area contributed by atoms with E-state index in [1.54, 1.807) is 0 Å². The summed E-state index contributed by atoms with van der Waals surface area (Å²) in [6.07, 6.45) is 2.82. The third-order valence-corrected chi connectivity index (χ3v) is 3.60. The molecule has 1 atom stereocenters. The minimum atomic E-state index is -0.346. The highest BCUT2D eigenvalue weighted by molar-refractivity contribution is 5.77. The Morgan fingerprint density at radius 1 is 1.41 bits per heavy atom. The zero-order valence-electron chi connectivity index (χ0n) is 11.9. The molecule has 0 radical (unpaired) electrons. The van der Waals surface area contributed by atoms with Gasteiger partial charge in [-0.15, -0.1) is 0 Å². The van der Waals surface area contributed by atoms with Crippen molar-refractivity contribution in [2.45, 2.75) is 71.9 Å². The van der Waals surface area contributed by atoms with E-state index in [1.807, 2.05) is 4.90 Å². The fourth-order valence-corrected chi connectivity index (χ4v) is 2.26. The molecule has 100 valence electrons. The molecule has 1 fully saturated rings. The van der Waals surface area contributed by atoms with Crippen LogP contribution in [0.25, 0.3) is 0 Å². The summed E-state index contributed by atoms with van der Waals surface area (Å²) in [6.45, 7) is 11.1. The molecule has 0 aromatic heterocycles. The lowest BCUT2D eigenvalue weighted by molar-refractivity contribution is -0.142. The summed E-state index contributed by atoms with van der Waals surface area (Å²) in [5.74, 6) is 0.184. The molecule has 1 saturated heterocycles. The molecule has 0 aromatic rings. The van der Waals surface area contributed by atoms with E-state index in [9.17, 15) is 9.90 Å². The van der Waals surface area contributed by atoms with Gasteiger partial charge in [0.1, 0.15) is 0 Å². The molecule has 1 aliphatic heterocycles. The van der Waals surface area contributed by atoms with Crippen molar-refractivity contribution in [3.05, 3.63) is 0 Å². The van der Waals surface area contributed by atoms with Gasteiger partial charge in [-0.3, -0.25) is 4.79 Å². The number of aliphatic hydroxyl groups excluding tert-OH is 1. The number of hydrogen-bond acceptors (Lipinski definition) is 2. The van der Waals surface area contributed by atoms with Gasteiger partial charge in [0.25, 0.3) is 0 Å². The van der Waals surface area contributed by atoms with Crippen LogP contribution in [0.3, 0.4) is 0 Å². The minimum Gasteiger partial charge on any atom is -0.391 e. The van der Waals surface area contributed by atoms with Crippen LogP contribution in [0.1, 0.15) is 60.3 Å². The summed E-state index contributed by atoms with van der Waals surface area (Å²) in [6, 6.07) is 0. The van der Waals surface area contributed by atoms with Crippen molar-refractivity contribution in [3.63, 3.8) is 0 Å². The summed E-state index contributed by atoms with van der Waals surface area (Å²) in [5.41, 5.74) is 0.0857. The predicted octanol–water partition coefficient (Wildman–Crippen LogP) is 2.57. The van der Waals surface area contributed by atoms with Crippen LogP contribution in [0.15, 0.2) is 0 Å². The van der Waals surface area contributed by atoms with Crippen LogP contribution in [-0.4, -0.2) is 34.1 Å². The first kappa shape index (κ1) is 14.5. The first-order valence-electron chi connectivity index (χ1n) is 6.60. The van der Waals surface area contributed by atoms with Crippen molar-refractivity contribution in [2.75, 3.05) is 6.54 Å². The number of piperidine rings is 1. The van der Waals surface area contributed by atoms with E-state index < -0.39 is 0 Å². The average molecular weight is 241 g/mol. The summed E-state index contributed by atoms with van der Waals surface area (Å²) >= 11 is 0. The number of likely N-dealkylation sites (tertiary alicyclic amines) is 1. The van der Waals surface area contributed by atoms with Crippen LogP contribution >= 0.6 is 0 Å². The van der Waals surface area contributed by atoms with Gasteiger partial charge in [-0.05, 0) is 38.5 Å². The predicted molar refractivity (Wildman–Crippen MR) is 69.7 cm³/mol. The van der Waals surface area contributed by atoms with Gasteiger partial charge in [-0.2, -0.15) is 0 Å². The Hall–Kier alpha value is -0.570. The lowest BCUT2D eigenvalue weighted by Gasteiger charge is -2.44. The fourth-order valence-electron chi connectivity index (χ4n) is 2.26. The molecule has 0 bridgehead atoms. The summed E-state index contributed by atoms with van der Waals surface area (Å²) in [4.78, 5) is 14.1. The molecule has 1 aliphatic rings. The average Bonchev–Trinajstić information content (AvgIpc) is 2.17. The second-order valence-corrected chi connectivity index (χ2v) is 7.07. The first-order valence-corrected chi connectivity index (χ1v) is 6.60. The van der Waals surface area contributed by atoms with E-state index in [2.05, 4.69) is 34.6 Å². The maximum atomic E-state index is 12.2. The number of β-amino-alcohol motifs (C(OH)–C–C–N with tert-alkyl or cyclic N) is 1. The summed E-state index contributed by atoms with van der Waals surface area (Å²) in [5, 5.41) is 9.69. The largest absolute Gasteiger partial charge is 0.391 e. The maximum absolute atomic E-state index is 12.2. The van der Waals surface area contributed by atoms with E-state index in [-0.39, 0.29) is 23.0 Å². The Morgan fingerprint density at radius 2 is 2.00 bits per heavy atom. The lowest BCUT2D eigenvalue weighted by Crippen LogP contribution is -2.54. The number of rotatable bonds is 2. The van der Waals surface area contributed by atoms with Crippen molar-refractivity contribution < 1.29 is 9.90 Å². The highest BCUT2D eigenvalue weighted by atomic mass is 16.3. The monoisotopic (exact) mass is 241 g/mol. The Morgan fingerprint density at radius 3 is 2.53 bits per heavy atom. The molecular weight excluding hydrogens is 214 g/mol. The van der Waals surface area contributed by atoms with Crippen molar-refractivity contribution >= 4 is 5.91 Å². The van der Waals surface area contributed by atoms with Gasteiger partial charge in [-0.1, -0.05) is 20.8 Å². The van der Waals surface area contributed by atoms with E-state index in [0.29, 0.717) is 13.0 Å². The number of nitrogens with zero attached hydrogens (tertiary/aromatic N) is 1. The lowest BCUT2D eigenvalue weighted by atomic mass is 9.87. The van der Waals surface area contributed by atoms with Crippen LogP contribution in [-0.2, 0) is 4.79 Å². The molecule has 17 heavy (non-hydrogen) atoms. The van der Waals surface area contributed by atoms with Crippen LogP contribution in [0.5, 0.6) is 0 Å². The smallest absolute Gasteiger partial charge is 0.223 e. The summed E-state index contributed by atoms with van der Waals surface area (Å²) < 4.78 is 0. The quantitative estimate of drug-likeness (QED) is 0.807. The van der Waals surface area contributed by atoms with E-state index in [1.165, 1.54) is 0 Å². The molecule has 0 aliphatic carbocycles. The minimum absolute atomic E-state index is 0.103. The molecule has 0 saturated carbocycles. The molecule has 3 heteroatoms. The highest BCUT2D eigenvalue weighted by Crippen LogP contribution is 2.29. The van der Waals surface area contributed by atoms with Gasteiger partial charge in [0.05, 0.1) is 6.10 Å². The first-order chi connectivity index (χ1) is 7.62. The molecule has 1 amide bonds. The van der Waals surface area contributed by atoms with Gasteiger partial charge >= 0.3 is 0 Å². The number of hydrogen-bond donors (Lipinski definition) is 1. The number of aliphatic hydroxyl groups is 1. The zero-order valence-corrected chi connectivity index (χ0v) is 11.9. The molecular formula is C14H27NO2. The van der Waals surface area contributed by atoms with Crippen LogP contribution in [0, 0.1) is 5.41 Å². The van der Waals surface area contributed by atoms with Gasteiger partial charge in [0.2, 0.25) is 5.91 Å². The van der Waals surface area contributed by atoms with Crippen LogP contribution < -0.4 is 0 Å². The molecule has 0 aromatic carbocycles. The third-order valence-electron chi connectivity index (χ3n) is 3.60. The molecule has 0 spiro atoms. The van der Waals surface area contributed by atoms with E-state index in [0.717, 1.165) is 19.3 Å². The van der Waals surface area contributed by atoms with Gasteiger partial charge in [-0.25, -0.2) is 0 Å². The summed E-state index contributed by atoms with van der Waals surface area (Å²) in [7, 11) is 0. The number of carbonyl (C=O) groups is 1. The molecule has 1 heterocycles. The standard InChI is InChI=1S/C14H27NO2/c1-13(2,3)8-7-12(17)15-10-11(16)6-9-14(15,4)5/h11,16H,6-10H2,1-5H3. The SMILES string of the molecule is CC(C)(C)CCC(=O)N1CC(O)CCC1(C)C. The Labute approximate surface area is 105 Å².